The number of sulfone groups is 1. The first-order valence-corrected chi connectivity index (χ1v) is 12.9. The number of hydrogen-bond acceptors (Lipinski definition) is 12. The molecule has 0 aliphatic heterocycles. The number of nitrogens with one attached hydrogen (secondary N) is 2. The second-order valence-electron chi connectivity index (χ2n) is 7.16. The van der Waals surface area contributed by atoms with Crippen LogP contribution in [0.3, 0.4) is 0 Å². The molecule has 0 aromatic carbocycles. The summed E-state index contributed by atoms with van der Waals surface area (Å²) in [6.45, 7) is 7.65. The Morgan fingerprint density at radius 3 is 2.34 bits per heavy atom. The predicted octanol–water partition coefficient (Wildman–Crippen LogP) is 4.21. The Morgan fingerprint density at radius 2 is 1.74 bits per heavy atom. The molecule has 0 aliphatic rings. The molecule has 2 heterocycles. The molecule has 0 radical (unpaired) electrons. The quantitative estimate of drug-likeness (QED) is 0.311. The summed E-state index contributed by atoms with van der Waals surface area (Å²) in [6, 6.07) is 6.16. The van der Waals surface area contributed by atoms with E-state index >= 15 is 0 Å². The highest BCUT2D eigenvalue weighted by atomic mass is 32.2. The minimum absolute atomic E-state index is 0.0242. The summed E-state index contributed by atoms with van der Waals surface area (Å²) in [5, 5.41) is 44.2. The number of rotatable bonds is 12. The minimum atomic E-state index is -3.43. The zero-order chi connectivity index (χ0) is 26.0. The fourth-order valence-electron chi connectivity index (χ4n) is 2.93. The van der Waals surface area contributed by atoms with Crippen LogP contribution >= 0.6 is 11.3 Å². The van der Waals surface area contributed by atoms with Gasteiger partial charge in [-0.15, -0.1) is 21.6 Å². The maximum absolute atomic E-state index is 11.7. The van der Waals surface area contributed by atoms with E-state index in [0.717, 1.165) is 16.7 Å². The molecule has 182 valence electrons. The van der Waals surface area contributed by atoms with Crippen molar-refractivity contribution in [3.05, 3.63) is 39.1 Å². The van der Waals surface area contributed by atoms with Crippen LogP contribution in [0.1, 0.15) is 33.6 Å². The van der Waals surface area contributed by atoms with Crippen molar-refractivity contribution < 1.29 is 13.2 Å². The molecule has 0 unspecified atom stereocenters. The zero-order valence-electron chi connectivity index (χ0n) is 19.5. The van der Waals surface area contributed by atoms with Crippen LogP contribution in [0.2, 0.25) is 0 Å². The Morgan fingerprint density at radius 1 is 1.06 bits per heavy atom. The normalized spacial score (nSPS) is 11.0. The van der Waals surface area contributed by atoms with Gasteiger partial charge in [0.25, 0.3) is 0 Å². The van der Waals surface area contributed by atoms with Gasteiger partial charge in [0.05, 0.1) is 16.9 Å². The molecule has 2 aromatic rings. The number of azo groups is 1. The Bertz CT molecular complexity index is 1360. The van der Waals surface area contributed by atoms with Crippen LogP contribution < -0.4 is 10.6 Å². The summed E-state index contributed by atoms with van der Waals surface area (Å²) >= 11 is 1.05. The second kappa shape index (κ2) is 12.6. The van der Waals surface area contributed by atoms with Crippen molar-refractivity contribution in [2.45, 2.75) is 20.3 Å². The number of anilines is 2. The van der Waals surface area contributed by atoms with E-state index in [1.54, 1.807) is 21.0 Å². The molecule has 2 N–H and O–H groups in total. The molecule has 11 nitrogen and oxygen atoms in total. The van der Waals surface area contributed by atoms with Crippen LogP contribution in [0.5, 0.6) is 0 Å². The van der Waals surface area contributed by atoms with Gasteiger partial charge < -0.3 is 15.4 Å². The zero-order valence-corrected chi connectivity index (χ0v) is 21.2. The number of ether oxygens (including phenoxy) is 1. The first-order valence-electron chi connectivity index (χ1n) is 10.3. The highest BCUT2D eigenvalue weighted by Crippen LogP contribution is 2.38. The molecule has 2 rings (SSSR count). The van der Waals surface area contributed by atoms with Crippen molar-refractivity contribution in [1.29, 1.82) is 15.8 Å². The van der Waals surface area contributed by atoms with E-state index in [1.807, 2.05) is 12.1 Å². The lowest BCUT2D eigenvalue weighted by atomic mass is 10.1. The topological polar surface area (TPSA) is 176 Å². The Hall–Kier alpha value is -3.83. The molecule has 0 aliphatic carbocycles. The third-order valence-corrected chi connectivity index (χ3v) is 7.22. The van der Waals surface area contributed by atoms with Crippen LogP contribution in [-0.4, -0.2) is 46.0 Å². The van der Waals surface area contributed by atoms with Crippen molar-refractivity contribution in [3.63, 3.8) is 0 Å². The van der Waals surface area contributed by atoms with Crippen LogP contribution in [0.15, 0.2) is 22.2 Å². The number of pyridine rings is 1. The van der Waals surface area contributed by atoms with Crippen molar-refractivity contribution in [1.82, 2.24) is 4.98 Å². The monoisotopic (exact) mass is 512 g/mol. The average Bonchev–Trinajstić information content (AvgIpc) is 3.15. The smallest absolute Gasteiger partial charge is 0.172 e. The number of nitriles is 3. The van der Waals surface area contributed by atoms with E-state index in [1.165, 1.54) is 0 Å². The molecule has 2 aromatic heterocycles. The van der Waals surface area contributed by atoms with Crippen molar-refractivity contribution >= 4 is 43.5 Å². The highest BCUT2D eigenvalue weighted by molar-refractivity contribution is 7.94. The molecule has 0 fully saturated rings. The van der Waals surface area contributed by atoms with E-state index in [0.29, 0.717) is 41.4 Å². The highest BCUT2D eigenvalue weighted by Gasteiger charge is 2.19. The first kappa shape index (κ1) is 27.4. The molecule has 0 saturated heterocycles. The third-order valence-electron chi connectivity index (χ3n) is 4.86. The van der Waals surface area contributed by atoms with E-state index in [-0.39, 0.29) is 39.9 Å². The van der Waals surface area contributed by atoms with Gasteiger partial charge in [0.1, 0.15) is 34.6 Å². The predicted molar refractivity (Wildman–Crippen MR) is 134 cm³/mol. The molecular weight excluding hydrogens is 488 g/mol. The largest absolute Gasteiger partial charge is 0.385 e. The molecule has 0 bridgehead atoms. The van der Waals surface area contributed by atoms with E-state index in [2.05, 4.69) is 38.5 Å². The standard InChI is InChI=1S/C22H24N8O3S2/c1-5-35(31,32)10-8-27-20-16(11-23)15(3)19(21(28-20)26-7-6-9-33-4)29-30-22-17(12-24)14(2)18(13-25)34-22/h5H,1,6-10H2,2-4H3,(H2,26,27,28)/b30-29+. The van der Waals surface area contributed by atoms with Crippen LogP contribution in [0.4, 0.5) is 22.3 Å². The van der Waals surface area contributed by atoms with Gasteiger partial charge in [0, 0.05) is 37.8 Å². The summed E-state index contributed by atoms with van der Waals surface area (Å²) in [5.41, 5.74) is 1.72. The number of hydrogen-bond donors (Lipinski definition) is 2. The summed E-state index contributed by atoms with van der Waals surface area (Å²) in [5.74, 6) is 0.312. The van der Waals surface area contributed by atoms with Gasteiger partial charge in [-0.1, -0.05) is 6.58 Å². The van der Waals surface area contributed by atoms with Gasteiger partial charge in [-0.25, -0.2) is 13.4 Å². The summed E-state index contributed by atoms with van der Waals surface area (Å²) < 4.78 is 28.5. The summed E-state index contributed by atoms with van der Waals surface area (Å²) in [6.07, 6.45) is 0.669. The maximum Gasteiger partial charge on any atom is 0.172 e. The van der Waals surface area contributed by atoms with Crippen LogP contribution in [-0.2, 0) is 14.6 Å². The fourth-order valence-corrected chi connectivity index (χ4v) is 4.36. The number of methoxy groups -OCH3 is 1. The minimum Gasteiger partial charge on any atom is -0.385 e. The molecule has 0 atom stereocenters. The second-order valence-corrected chi connectivity index (χ2v) is 10.2. The first-order chi connectivity index (χ1) is 16.7. The molecule has 0 amide bonds. The fraction of sp³-hybridized carbons (Fsp3) is 0.364. The average molecular weight is 513 g/mol. The van der Waals surface area contributed by atoms with E-state index in [4.69, 9.17) is 4.74 Å². The van der Waals surface area contributed by atoms with Gasteiger partial charge in [-0.05, 0) is 25.8 Å². The third kappa shape index (κ3) is 6.84. The lowest BCUT2D eigenvalue weighted by Crippen LogP contribution is -2.16. The maximum atomic E-state index is 11.7. The Labute approximate surface area is 208 Å². The summed E-state index contributed by atoms with van der Waals surface area (Å²) in [7, 11) is -1.84. The molecular formula is C22H24N8O3S2. The van der Waals surface area contributed by atoms with Crippen molar-refractivity contribution in [3.8, 4) is 18.2 Å². The van der Waals surface area contributed by atoms with Gasteiger partial charge >= 0.3 is 0 Å². The molecule has 0 spiro atoms. The van der Waals surface area contributed by atoms with Gasteiger partial charge in [-0.3, -0.25) is 0 Å². The Kier molecular flexibility index (Phi) is 9.86. The van der Waals surface area contributed by atoms with Crippen LogP contribution in [0.25, 0.3) is 0 Å². The Balaban J connectivity index is 2.52. The van der Waals surface area contributed by atoms with Crippen molar-refractivity contribution in [2.75, 3.05) is 43.2 Å². The number of nitrogens with zero attached hydrogens (tertiary/aromatic N) is 6. The lowest BCUT2D eigenvalue weighted by Gasteiger charge is -2.15. The van der Waals surface area contributed by atoms with E-state index < -0.39 is 9.84 Å². The van der Waals surface area contributed by atoms with Gasteiger partial charge in [-0.2, -0.15) is 15.8 Å². The van der Waals surface area contributed by atoms with Crippen molar-refractivity contribution in [2.24, 2.45) is 10.2 Å². The number of aromatic nitrogens is 1. The van der Waals surface area contributed by atoms with Gasteiger partial charge in [0.2, 0.25) is 0 Å². The van der Waals surface area contributed by atoms with Crippen LogP contribution in [0, 0.1) is 47.8 Å². The SMILES string of the molecule is C=CS(=O)(=O)CCNc1nc(NCCCOC)c(/N=N/c2sc(C#N)c(C)c2C#N)c(C)c1C#N. The summed E-state index contributed by atoms with van der Waals surface area (Å²) in [4.78, 5) is 4.84. The molecule has 13 heteroatoms. The lowest BCUT2D eigenvalue weighted by molar-refractivity contribution is 0.198. The van der Waals surface area contributed by atoms with E-state index in [9.17, 15) is 24.2 Å². The molecule has 35 heavy (non-hydrogen) atoms. The molecule has 0 saturated carbocycles. The number of thiophene rings is 1. The van der Waals surface area contributed by atoms with Gasteiger partial charge in [0.15, 0.2) is 20.7 Å².